The zero-order valence-electron chi connectivity index (χ0n) is 18.8. The minimum atomic E-state index is 0.597. The summed E-state index contributed by atoms with van der Waals surface area (Å²) in [4.78, 5) is 9.51. The molecule has 0 unspecified atom stereocenters. The van der Waals surface area contributed by atoms with E-state index in [1.54, 1.807) is 7.11 Å². The number of nitrogens with one attached hydrogen (secondary N) is 1. The number of fused-ring (bicyclic) bond motifs is 2. The second kappa shape index (κ2) is 9.27. The SMILES string of the molecule is CCOc1ccc(CNc2c3c(nc4nc(Cc5ccc(Cl)cc5)nn24)CCC3)cc1OC. The minimum Gasteiger partial charge on any atom is -0.493 e. The number of hydrogen-bond donors (Lipinski definition) is 1. The molecule has 0 saturated carbocycles. The fourth-order valence-corrected chi connectivity index (χ4v) is 4.37. The van der Waals surface area contributed by atoms with E-state index in [2.05, 4.69) is 5.32 Å². The summed E-state index contributed by atoms with van der Waals surface area (Å²) in [5.74, 6) is 3.81. The number of benzene rings is 2. The van der Waals surface area contributed by atoms with Crippen molar-refractivity contribution in [2.75, 3.05) is 19.0 Å². The Kier molecular flexibility index (Phi) is 6.05. The lowest BCUT2D eigenvalue weighted by atomic mass is 10.1. The van der Waals surface area contributed by atoms with Crippen molar-refractivity contribution < 1.29 is 9.47 Å². The first-order valence-corrected chi connectivity index (χ1v) is 11.6. The highest BCUT2D eigenvalue weighted by atomic mass is 35.5. The van der Waals surface area contributed by atoms with E-state index in [0.29, 0.717) is 25.4 Å². The van der Waals surface area contributed by atoms with Gasteiger partial charge in [-0.1, -0.05) is 29.8 Å². The molecule has 33 heavy (non-hydrogen) atoms. The van der Waals surface area contributed by atoms with Gasteiger partial charge in [-0.3, -0.25) is 0 Å². The van der Waals surface area contributed by atoms with Gasteiger partial charge in [0, 0.05) is 23.6 Å². The van der Waals surface area contributed by atoms with Crippen LogP contribution in [0.4, 0.5) is 5.82 Å². The molecule has 0 saturated heterocycles. The van der Waals surface area contributed by atoms with E-state index in [1.165, 1.54) is 5.56 Å². The second-order valence-corrected chi connectivity index (χ2v) is 8.49. The number of halogens is 1. The molecule has 0 amide bonds. The third-order valence-electron chi connectivity index (χ3n) is 5.82. The molecule has 1 aliphatic carbocycles. The molecule has 2 aromatic heterocycles. The Balaban J connectivity index is 1.44. The van der Waals surface area contributed by atoms with E-state index >= 15 is 0 Å². The Bertz CT molecular complexity index is 1290. The molecule has 7 nitrogen and oxygen atoms in total. The first-order chi connectivity index (χ1) is 16.1. The summed E-state index contributed by atoms with van der Waals surface area (Å²) in [5.41, 5.74) is 4.54. The van der Waals surface area contributed by atoms with Crippen LogP contribution in [0.15, 0.2) is 42.5 Å². The maximum atomic E-state index is 6.02. The lowest BCUT2D eigenvalue weighted by Gasteiger charge is -2.14. The molecule has 4 aromatic rings. The topological polar surface area (TPSA) is 73.6 Å². The van der Waals surface area contributed by atoms with Crippen LogP contribution in [-0.2, 0) is 25.8 Å². The molecule has 5 rings (SSSR count). The maximum Gasteiger partial charge on any atom is 0.254 e. The third-order valence-corrected chi connectivity index (χ3v) is 6.07. The number of anilines is 1. The summed E-state index contributed by atoms with van der Waals surface area (Å²) < 4.78 is 13.0. The molecule has 1 N–H and O–H groups in total. The van der Waals surface area contributed by atoms with Crippen LogP contribution in [0.2, 0.25) is 5.02 Å². The molecule has 0 bridgehead atoms. The number of nitrogens with zero attached hydrogens (tertiary/aromatic N) is 4. The van der Waals surface area contributed by atoms with Crippen molar-refractivity contribution in [2.45, 2.75) is 39.2 Å². The summed E-state index contributed by atoms with van der Waals surface area (Å²) in [6, 6.07) is 13.8. The average molecular weight is 464 g/mol. The fourth-order valence-electron chi connectivity index (χ4n) is 4.25. The van der Waals surface area contributed by atoms with Gasteiger partial charge in [-0.05, 0) is 61.6 Å². The van der Waals surface area contributed by atoms with E-state index in [1.807, 2.05) is 53.9 Å². The molecule has 8 heteroatoms. The molecule has 2 heterocycles. The Morgan fingerprint density at radius 3 is 2.64 bits per heavy atom. The molecule has 2 aromatic carbocycles. The number of ether oxygens (including phenoxy) is 2. The molecular formula is C25H26ClN5O2. The largest absolute Gasteiger partial charge is 0.493 e. The normalized spacial score (nSPS) is 12.7. The van der Waals surface area contributed by atoms with Gasteiger partial charge in [0.25, 0.3) is 5.78 Å². The maximum absolute atomic E-state index is 6.02. The molecule has 0 fully saturated rings. The van der Waals surface area contributed by atoms with Gasteiger partial charge in [0.15, 0.2) is 17.3 Å². The summed E-state index contributed by atoms with van der Waals surface area (Å²) in [7, 11) is 1.66. The highest BCUT2D eigenvalue weighted by Gasteiger charge is 2.22. The van der Waals surface area contributed by atoms with Crippen LogP contribution in [0.25, 0.3) is 5.78 Å². The van der Waals surface area contributed by atoms with Crippen LogP contribution in [0.5, 0.6) is 11.5 Å². The highest BCUT2D eigenvalue weighted by molar-refractivity contribution is 6.30. The molecule has 0 radical (unpaired) electrons. The van der Waals surface area contributed by atoms with Crippen LogP contribution in [0, 0.1) is 0 Å². The van der Waals surface area contributed by atoms with E-state index in [-0.39, 0.29) is 0 Å². The van der Waals surface area contributed by atoms with Crippen molar-refractivity contribution in [1.82, 2.24) is 19.6 Å². The zero-order valence-corrected chi connectivity index (χ0v) is 19.5. The van der Waals surface area contributed by atoms with Crippen molar-refractivity contribution in [3.8, 4) is 11.5 Å². The fraction of sp³-hybridized carbons (Fsp3) is 0.320. The molecule has 0 atom stereocenters. The molecule has 170 valence electrons. The third kappa shape index (κ3) is 4.46. The molecule has 0 aliphatic heterocycles. The monoisotopic (exact) mass is 463 g/mol. The predicted molar refractivity (Wildman–Crippen MR) is 129 cm³/mol. The predicted octanol–water partition coefficient (Wildman–Crippen LogP) is 4.88. The Morgan fingerprint density at radius 2 is 1.85 bits per heavy atom. The Labute approximate surface area is 197 Å². The summed E-state index contributed by atoms with van der Waals surface area (Å²) in [6.07, 6.45) is 3.68. The van der Waals surface area contributed by atoms with Crippen molar-refractivity contribution in [1.29, 1.82) is 0 Å². The summed E-state index contributed by atoms with van der Waals surface area (Å²) >= 11 is 6.02. The van der Waals surface area contributed by atoms with E-state index in [4.69, 9.17) is 36.1 Å². The van der Waals surface area contributed by atoms with Crippen LogP contribution >= 0.6 is 11.6 Å². The van der Waals surface area contributed by atoms with Crippen molar-refractivity contribution in [2.24, 2.45) is 0 Å². The molecule has 0 spiro atoms. The highest BCUT2D eigenvalue weighted by Crippen LogP contribution is 2.31. The Morgan fingerprint density at radius 1 is 1.03 bits per heavy atom. The number of aromatic nitrogens is 4. The zero-order chi connectivity index (χ0) is 22.8. The second-order valence-electron chi connectivity index (χ2n) is 8.05. The van der Waals surface area contributed by atoms with Crippen molar-refractivity contribution in [3.05, 3.63) is 75.7 Å². The lowest BCUT2D eigenvalue weighted by molar-refractivity contribution is 0.310. The van der Waals surface area contributed by atoms with Gasteiger partial charge in [0.1, 0.15) is 5.82 Å². The van der Waals surface area contributed by atoms with Crippen LogP contribution in [0.1, 0.15) is 41.6 Å². The number of rotatable bonds is 8. The van der Waals surface area contributed by atoms with Gasteiger partial charge in [-0.2, -0.15) is 9.50 Å². The smallest absolute Gasteiger partial charge is 0.254 e. The van der Waals surface area contributed by atoms with Crippen LogP contribution < -0.4 is 14.8 Å². The van der Waals surface area contributed by atoms with E-state index < -0.39 is 0 Å². The first kappa shape index (κ1) is 21.5. The van der Waals surface area contributed by atoms with Gasteiger partial charge in [0.05, 0.1) is 19.4 Å². The number of hydrogen-bond acceptors (Lipinski definition) is 6. The van der Waals surface area contributed by atoms with Crippen molar-refractivity contribution >= 4 is 23.2 Å². The van der Waals surface area contributed by atoms with Crippen molar-refractivity contribution in [3.63, 3.8) is 0 Å². The first-order valence-electron chi connectivity index (χ1n) is 11.2. The molecular weight excluding hydrogens is 438 g/mol. The lowest BCUT2D eigenvalue weighted by Crippen LogP contribution is -2.10. The van der Waals surface area contributed by atoms with Gasteiger partial charge in [-0.25, -0.2) is 4.98 Å². The minimum absolute atomic E-state index is 0.597. The van der Waals surface area contributed by atoms with Gasteiger partial charge >= 0.3 is 0 Å². The number of methoxy groups -OCH3 is 1. The van der Waals surface area contributed by atoms with E-state index in [9.17, 15) is 0 Å². The van der Waals surface area contributed by atoms with Gasteiger partial charge < -0.3 is 14.8 Å². The standard InChI is InChI=1S/C25H26ClN5O2/c1-3-33-21-12-9-17(13-22(21)32-2)15-27-24-19-5-4-6-20(19)28-25-29-23(30-31(24)25)14-16-7-10-18(26)11-8-16/h7-13,27H,3-6,14-15H2,1-2H3. The average Bonchev–Trinajstić information content (AvgIpc) is 3.45. The van der Waals surface area contributed by atoms with Gasteiger partial charge in [0.2, 0.25) is 0 Å². The molecule has 1 aliphatic rings. The van der Waals surface area contributed by atoms with Crippen LogP contribution in [0.3, 0.4) is 0 Å². The van der Waals surface area contributed by atoms with Crippen LogP contribution in [-0.4, -0.2) is 33.3 Å². The van der Waals surface area contributed by atoms with Gasteiger partial charge in [-0.15, -0.1) is 5.10 Å². The Hall–Kier alpha value is -3.32. The summed E-state index contributed by atoms with van der Waals surface area (Å²) in [6.45, 7) is 3.18. The summed E-state index contributed by atoms with van der Waals surface area (Å²) in [5, 5.41) is 9.11. The quantitative estimate of drug-likeness (QED) is 0.401. The number of aryl methyl sites for hydroxylation is 1. The van der Waals surface area contributed by atoms with E-state index in [0.717, 1.165) is 64.2 Å².